The number of nitrogens with zero attached hydrogens (tertiary/aromatic N) is 3. The molecule has 0 aliphatic heterocycles. The zero-order valence-electron chi connectivity index (χ0n) is 8.51. The van der Waals surface area contributed by atoms with E-state index in [0.29, 0.717) is 5.69 Å². The average molecular weight is 299 g/mol. The van der Waals surface area contributed by atoms with Crippen molar-refractivity contribution in [1.82, 2.24) is 14.8 Å². The lowest BCUT2D eigenvalue weighted by molar-refractivity contribution is 0.666. The molecular weight excluding hydrogens is 288 g/mol. The minimum Gasteiger partial charge on any atom is -0.396 e. The molecule has 0 aliphatic rings. The molecule has 0 aliphatic carbocycles. The lowest BCUT2D eigenvalue weighted by atomic mass is 10.5. The number of hydrogen-bond acceptors (Lipinski definition) is 4. The van der Waals surface area contributed by atoms with Crippen LogP contribution in [0, 0.1) is 0 Å². The normalized spacial score (nSPS) is 10.6. The fraction of sp³-hybridized carbons (Fsp3) is 0.200. The maximum absolute atomic E-state index is 5.58. The highest BCUT2D eigenvalue weighted by atomic mass is 79.9. The lowest BCUT2D eigenvalue weighted by Crippen LogP contribution is -2.00. The minimum absolute atomic E-state index is 0.698. The first-order valence-corrected chi connectivity index (χ1v) is 6.55. The molecule has 0 bridgehead atoms. The van der Waals surface area contributed by atoms with Gasteiger partial charge in [-0.15, -0.1) is 11.8 Å². The van der Waals surface area contributed by atoms with Gasteiger partial charge in [-0.05, 0) is 28.1 Å². The first kappa shape index (κ1) is 11.5. The highest BCUT2D eigenvalue weighted by Gasteiger charge is 2.01. The summed E-state index contributed by atoms with van der Waals surface area (Å²) in [5, 5.41) is 5.12. The van der Waals surface area contributed by atoms with E-state index in [1.165, 1.54) is 0 Å². The van der Waals surface area contributed by atoms with Gasteiger partial charge in [-0.1, -0.05) is 0 Å². The average Bonchev–Trinajstić information content (AvgIpc) is 2.67. The molecule has 16 heavy (non-hydrogen) atoms. The quantitative estimate of drug-likeness (QED) is 0.881. The molecule has 6 heteroatoms. The molecule has 0 fully saturated rings. The molecule has 0 atom stereocenters. The number of halogens is 1. The molecule has 2 N–H and O–H groups in total. The van der Waals surface area contributed by atoms with Crippen molar-refractivity contribution >= 4 is 33.4 Å². The summed E-state index contributed by atoms with van der Waals surface area (Å²) < 4.78 is 2.86. The van der Waals surface area contributed by atoms with Gasteiger partial charge in [0.05, 0.1) is 18.4 Å². The summed E-state index contributed by atoms with van der Waals surface area (Å²) in [5.41, 5.74) is 6.27. The number of thioether (sulfide) groups is 1. The van der Waals surface area contributed by atoms with Gasteiger partial charge in [0.25, 0.3) is 0 Å². The highest BCUT2D eigenvalue weighted by Crippen LogP contribution is 2.24. The van der Waals surface area contributed by atoms with Crippen LogP contribution >= 0.6 is 27.7 Å². The predicted molar refractivity (Wildman–Crippen MR) is 69.3 cm³/mol. The topological polar surface area (TPSA) is 56.7 Å². The van der Waals surface area contributed by atoms with Crippen LogP contribution in [0.2, 0.25) is 0 Å². The molecule has 0 saturated carbocycles. The van der Waals surface area contributed by atoms with Crippen LogP contribution < -0.4 is 5.73 Å². The first-order chi connectivity index (χ1) is 7.75. The van der Waals surface area contributed by atoms with E-state index in [0.717, 1.165) is 21.8 Å². The van der Waals surface area contributed by atoms with Crippen LogP contribution in [0.1, 0.15) is 0 Å². The van der Waals surface area contributed by atoms with Crippen molar-refractivity contribution in [2.24, 2.45) is 0 Å². The Hall–Kier alpha value is -1.01. The SMILES string of the molecule is Nc1cnn(CCSc2ncccc2Br)c1. The lowest BCUT2D eigenvalue weighted by Gasteiger charge is -2.03. The van der Waals surface area contributed by atoms with Crippen molar-refractivity contribution in [2.45, 2.75) is 11.6 Å². The summed E-state index contributed by atoms with van der Waals surface area (Å²) in [5.74, 6) is 0.913. The van der Waals surface area contributed by atoms with Crippen LogP contribution in [0.25, 0.3) is 0 Å². The van der Waals surface area contributed by atoms with Crippen LogP contribution in [-0.4, -0.2) is 20.5 Å². The molecule has 2 aromatic heterocycles. The summed E-state index contributed by atoms with van der Waals surface area (Å²) in [4.78, 5) is 4.28. The molecule has 0 amide bonds. The van der Waals surface area contributed by atoms with Gasteiger partial charge < -0.3 is 5.73 Å². The zero-order chi connectivity index (χ0) is 11.4. The van der Waals surface area contributed by atoms with Crippen molar-refractivity contribution < 1.29 is 0 Å². The monoisotopic (exact) mass is 298 g/mol. The zero-order valence-corrected chi connectivity index (χ0v) is 10.9. The van der Waals surface area contributed by atoms with Crippen LogP contribution in [0.3, 0.4) is 0 Å². The molecule has 0 aromatic carbocycles. The maximum atomic E-state index is 5.58. The van der Waals surface area contributed by atoms with E-state index < -0.39 is 0 Å². The van der Waals surface area contributed by atoms with Gasteiger partial charge in [0.2, 0.25) is 0 Å². The van der Waals surface area contributed by atoms with E-state index in [1.54, 1.807) is 24.2 Å². The number of anilines is 1. The van der Waals surface area contributed by atoms with Crippen molar-refractivity contribution in [3.63, 3.8) is 0 Å². The van der Waals surface area contributed by atoms with Gasteiger partial charge in [0, 0.05) is 22.6 Å². The summed E-state index contributed by atoms with van der Waals surface area (Å²) in [6, 6.07) is 3.89. The molecule has 0 saturated heterocycles. The Kier molecular flexibility index (Phi) is 3.84. The Balaban J connectivity index is 1.87. The molecule has 2 aromatic rings. The molecule has 0 radical (unpaired) electrons. The van der Waals surface area contributed by atoms with E-state index in [1.807, 2.05) is 23.0 Å². The highest BCUT2D eigenvalue weighted by molar-refractivity contribution is 9.10. The third-order valence-corrected chi connectivity index (χ3v) is 3.82. The first-order valence-electron chi connectivity index (χ1n) is 4.77. The second kappa shape index (κ2) is 5.36. The molecule has 4 nitrogen and oxygen atoms in total. The number of aromatic nitrogens is 3. The van der Waals surface area contributed by atoms with Crippen molar-refractivity contribution in [2.75, 3.05) is 11.5 Å². The van der Waals surface area contributed by atoms with Crippen molar-refractivity contribution in [3.8, 4) is 0 Å². The van der Waals surface area contributed by atoms with Crippen LogP contribution in [0.15, 0.2) is 40.2 Å². The molecule has 0 unspecified atom stereocenters. The number of pyridine rings is 1. The van der Waals surface area contributed by atoms with Gasteiger partial charge in [-0.3, -0.25) is 4.68 Å². The maximum Gasteiger partial charge on any atom is 0.110 e. The minimum atomic E-state index is 0.698. The molecule has 2 rings (SSSR count). The van der Waals surface area contributed by atoms with E-state index in [-0.39, 0.29) is 0 Å². The predicted octanol–water partition coefficient (Wildman–Crippen LogP) is 2.42. The van der Waals surface area contributed by atoms with Gasteiger partial charge >= 0.3 is 0 Å². The molecule has 2 heterocycles. The second-order valence-electron chi connectivity index (χ2n) is 3.18. The van der Waals surface area contributed by atoms with E-state index in [9.17, 15) is 0 Å². The molecule has 84 valence electrons. The summed E-state index contributed by atoms with van der Waals surface area (Å²) in [6.45, 7) is 0.824. The number of hydrogen-bond donors (Lipinski definition) is 1. The third kappa shape index (κ3) is 2.99. The fourth-order valence-electron chi connectivity index (χ4n) is 1.22. The third-order valence-electron chi connectivity index (χ3n) is 1.94. The number of nitrogens with two attached hydrogens (primary N) is 1. The van der Waals surface area contributed by atoms with Crippen LogP contribution in [0.5, 0.6) is 0 Å². The van der Waals surface area contributed by atoms with E-state index >= 15 is 0 Å². The van der Waals surface area contributed by atoms with Crippen LogP contribution in [0.4, 0.5) is 5.69 Å². The number of rotatable bonds is 4. The summed E-state index contributed by atoms with van der Waals surface area (Å²) in [6.07, 6.45) is 5.27. The Morgan fingerprint density at radius 1 is 1.50 bits per heavy atom. The molecular formula is C10H11BrN4S. The van der Waals surface area contributed by atoms with Crippen molar-refractivity contribution in [3.05, 3.63) is 35.2 Å². The standard InChI is InChI=1S/C10H11BrN4S/c11-9-2-1-3-13-10(9)16-5-4-15-7-8(12)6-14-15/h1-3,6-7H,4-5,12H2. The van der Waals surface area contributed by atoms with Gasteiger partial charge in [0.15, 0.2) is 0 Å². The van der Waals surface area contributed by atoms with Gasteiger partial charge in [0.1, 0.15) is 5.03 Å². The number of aryl methyl sites for hydroxylation is 1. The summed E-state index contributed by atoms with van der Waals surface area (Å²) in [7, 11) is 0. The molecule has 0 spiro atoms. The largest absolute Gasteiger partial charge is 0.396 e. The van der Waals surface area contributed by atoms with Gasteiger partial charge in [-0.25, -0.2) is 4.98 Å². The smallest absolute Gasteiger partial charge is 0.110 e. The van der Waals surface area contributed by atoms with Gasteiger partial charge in [-0.2, -0.15) is 5.10 Å². The Bertz CT molecular complexity index is 471. The van der Waals surface area contributed by atoms with E-state index in [4.69, 9.17) is 5.73 Å². The van der Waals surface area contributed by atoms with Crippen molar-refractivity contribution in [1.29, 1.82) is 0 Å². The van der Waals surface area contributed by atoms with Crippen LogP contribution in [-0.2, 0) is 6.54 Å². The van der Waals surface area contributed by atoms with E-state index in [2.05, 4.69) is 26.0 Å². The summed E-state index contributed by atoms with van der Waals surface area (Å²) >= 11 is 5.15. The Morgan fingerprint density at radius 2 is 2.38 bits per heavy atom. The number of nitrogen functional groups attached to an aromatic ring is 1. The Labute approximate surface area is 106 Å². The second-order valence-corrected chi connectivity index (χ2v) is 5.11. The Morgan fingerprint density at radius 3 is 3.06 bits per heavy atom. The fourth-order valence-corrected chi connectivity index (χ4v) is 2.63.